The first-order valence-corrected chi connectivity index (χ1v) is 9.64. The molecule has 3 rings (SSSR count). The molecule has 2 aromatic rings. The van der Waals surface area contributed by atoms with Crippen LogP contribution in [0.25, 0.3) is 0 Å². The molecular formula is C23H27NO3. The van der Waals surface area contributed by atoms with E-state index in [4.69, 9.17) is 0 Å². The third kappa shape index (κ3) is 4.05. The van der Waals surface area contributed by atoms with Gasteiger partial charge in [-0.15, -0.1) is 0 Å². The van der Waals surface area contributed by atoms with Gasteiger partial charge in [0, 0.05) is 18.0 Å². The van der Waals surface area contributed by atoms with Crippen LogP contribution in [0.4, 0.5) is 0 Å². The van der Waals surface area contributed by atoms with Crippen molar-refractivity contribution in [2.75, 3.05) is 0 Å². The second-order valence-electron chi connectivity index (χ2n) is 7.58. The van der Waals surface area contributed by atoms with Crippen molar-refractivity contribution in [3.63, 3.8) is 0 Å². The number of hydrogen-bond acceptors (Lipinski definition) is 2. The fraction of sp³-hybridized carbons (Fsp3) is 0.391. The lowest BCUT2D eigenvalue weighted by Crippen LogP contribution is -2.25. The molecular weight excluding hydrogens is 338 g/mol. The summed E-state index contributed by atoms with van der Waals surface area (Å²) in [5, 5.41) is 12.8. The number of benzene rings is 2. The van der Waals surface area contributed by atoms with Crippen LogP contribution in [0.3, 0.4) is 0 Å². The zero-order valence-electron chi connectivity index (χ0n) is 16.0. The fourth-order valence-corrected chi connectivity index (χ4v) is 3.87. The predicted octanol–water partition coefficient (Wildman–Crippen LogP) is 4.67. The molecule has 1 amide bonds. The number of carbonyl (C=O) groups excluding carboxylic acids is 1. The van der Waals surface area contributed by atoms with Crippen LogP contribution in [-0.4, -0.2) is 17.0 Å². The Hall–Kier alpha value is -2.62. The molecule has 27 heavy (non-hydrogen) atoms. The Labute approximate surface area is 160 Å². The van der Waals surface area contributed by atoms with Crippen LogP contribution < -0.4 is 5.32 Å². The quantitative estimate of drug-likeness (QED) is 0.714. The van der Waals surface area contributed by atoms with Crippen molar-refractivity contribution in [2.45, 2.75) is 52.0 Å². The maximum atomic E-state index is 12.9. The van der Waals surface area contributed by atoms with Crippen molar-refractivity contribution in [2.24, 2.45) is 5.41 Å². The maximum absolute atomic E-state index is 12.9. The molecule has 0 aliphatic heterocycles. The normalized spacial score (nSPS) is 20.9. The Balaban J connectivity index is 1.81. The molecule has 2 N–H and O–H groups in total. The molecule has 2 atom stereocenters. The first-order valence-electron chi connectivity index (χ1n) is 9.64. The average Bonchev–Trinajstić information content (AvgIpc) is 3.41. The highest BCUT2D eigenvalue weighted by atomic mass is 16.4. The minimum atomic E-state index is -0.739. The first kappa shape index (κ1) is 19.2. The smallest absolute Gasteiger partial charge is 0.310 e. The molecule has 1 saturated carbocycles. The molecule has 1 unspecified atom stereocenters. The molecule has 4 nitrogen and oxygen atoms in total. The van der Waals surface area contributed by atoms with Gasteiger partial charge in [0.2, 0.25) is 0 Å². The van der Waals surface area contributed by atoms with Crippen LogP contribution in [-0.2, 0) is 11.3 Å². The summed E-state index contributed by atoms with van der Waals surface area (Å²) in [6.45, 7) is 4.48. The lowest BCUT2D eigenvalue weighted by Gasteiger charge is -2.15. The minimum absolute atomic E-state index is 0.0837. The van der Waals surface area contributed by atoms with Crippen LogP contribution in [0.15, 0.2) is 48.5 Å². The van der Waals surface area contributed by atoms with Gasteiger partial charge < -0.3 is 10.4 Å². The standard InChI is InChI=1S/C23H27NO3/c1-3-4-12-23(22(26)27)14-20(23)18-11-10-16(2)13-19(18)21(25)24-15-17-8-6-5-7-9-17/h5-11,13,20H,3-4,12,14-15H2,1-2H3,(H,24,25)(H,26,27)/t20-,23?/m0/s1. The van der Waals surface area contributed by atoms with Crippen molar-refractivity contribution >= 4 is 11.9 Å². The van der Waals surface area contributed by atoms with Gasteiger partial charge in [-0.05, 0) is 37.0 Å². The zero-order chi connectivity index (χ0) is 19.4. The van der Waals surface area contributed by atoms with E-state index in [9.17, 15) is 14.7 Å². The molecule has 142 valence electrons. The van der Waals surface area contributed by atoms with E-state index in [1.54, 1.807) is 0 Å². The van der Waals surface area contributed by atoms with Crippen molar-refractivity contribution in [1.29, 1.82) is 0 Å². The Bertz CT molecular complexity index is 831. The summed E-state index contributed by atoms with van der Waals surface area (Å²) in [4.78, 5) is 24.8. The number of amides is 1. The van der Waals surface area contributed by atoms with Crippen LogP contribution in [0.2, 0.25) is 0 Å². The molecule has 4 heteroatoms. The summed E-state index contributed by atoms with van der Waals surface area (Å²) >= 11 is 0. The largest absolute Gasteiger partial charge is 0.481 e. The summed E-state index contributed by atoms with van der Waals surface area (Å²) in [7, 11) is 0. The van der Waals surface area contributed by atoms with Crippen molar-refractivity contribution in [1.82, 2.24) is 5.32 Å². The van der Waals surface area contributed by atoms with Crippen LogP contribution in [0.5, 0.6) is 0 Å². The van der Waals surface area contributed by atoms with E-state index in [-0.39, 0.29) is 11.8 Å². The topological polar surface area (TPSA) is 66.4 Å². The predicted molar refractivity (Wildman–Crippen MR) is 106 cm³/mol. The Morgan fingerprint density at radius 1 is 1.19 bits per heavy atom. The van der Waals surface area contributed by atoms with Crippen molar-refractivity contribution in [3.05, 3.63) is 70.8 Å². The number of carbonyl (C=O) groups is 2. The Morgan fingerprint density at radius 2 is 1.93 bits per heavy atom. The second kappa shape index (κ2) is 7.95. The van der Waals surface area contributed by atoms with E-state index in [1.807, 2.05) is 55.5 Å². The van der Waals surface area contributed by atoms with E-state index in [0.29, 0.717) is 24.9 Å². The number of unbranched alkanes of at least 4 members (excludes halogenated alkanes) is 1. The highest BCUT2D eigenvalue weighted by molar-refractivity contribution is 5.97. The third-order valence-corrected chi connectivity index (χ3v) is 5.60. The van der Waals surface area contributed by atoms with E-state index in [1.165, 1.54) is 0 Å². The van der Waals surface area contributed by atoms with Gasteiger partial charge in [0.25, 0.3) is 5.91 Å². The number of hydrogen-bond donors (Lipinski definition) is 2. The SMILES string of the molecule is CCCCC1(C(=O)O)C[C@H]1c1ccc(C)cc1C(=O)NCc1ccccc1. The lowest BCUT2D eigenvalue weighted by atomic mass is 9.90. The highest BCUT2D eigenvalue weighted by Gasteiger charge is 2.60. The van der Waals surface area contributed by atoms with E-state index >= 15 is 0 Å². The number of aryl methyl sites for hydroxylation is 1. The minimum Gasteiger partial charge on any atom is -0.481 e. The lowest BCUT2D eigenvalue weighted by molar-refractivity contribution is -0.143. The van der Waals surface area contributed by atoms with Gasteiger partial charge >= 0.3 is 5.97 Å². The Morgan fingerprint density at radius 3 is 2.59 bits per heavy atom. The molecule has 1 aliphatic rings. The number of carboxylic acid groups (broad SMARTS) is 1. The number of carboxylic acids is 1. The summed E-state index contributed by atoms with van der Waals surface area (Å²) in [5.41, 5.74) is 2.80. The van der Waals surface area contributed by atoms with E-state index in [0.717, 1.165) is 29.5 Å². The van der Waals surface area contributed by atoms with Crippen molar-refractivity contribution in [3.8, 4) is 0 Å². The molecule has 0 radical (unpaired) electrons. The van der Waals surface area contributed by atoms with Gasteiger partial charge in [-0.1, -0.05) is 67.8 Å². The van der Waals surface area contributed by atoms with E-state index < -0.39 is 11.4 Å². The van der Waals surface area contributed by atoms with Crippen LogP contribution in [0, 0.1) is 12.3 Å². The number of rotatable bonds is 8. The van der Waals surface area contributed by atoms with Crippen LogP contribution >= 0.6 is 0 Å². The van der Waals surface area contributed by atoms with Gasteiger partial charge in [-0.2, -0.15) is 0 Å². The first-order chi connectivity index (χ1) is 13.0. The van der Waals surface area contributed by atoms with Gasteiger partial charge in [0.1, 0.15) is 0 Å². The molecule has 0 bridgehead atoms. The van der Waals surface area contributed by atoms with E-state index in [2.05, 4.69) is 12.2 Å². The maximum Gasteiger partial charge on any atom is 0.310 e. The zero-order valence-corrected chi connectivity index (χ0v) is 16.0. The molecule has 0 saturated heterocycles. The molecule has 1 aliphatic carbocycles. The molecule has 1 fully saturated rings. The summed E-state index contributed by atoms with van der Waals surface area (Å²) < 4.78 is 0. The molecule has 0 spiro atoms. The highest BCUT2D eigenvalue weighted by Crippen LogP contribution is 2.63. The molecule has 0 heterocycles. The second-order valence-corrected chi connectivity index (χ2v) is 7.58. The number of nitrogens with one attached hydrogen (secondary N) is 1. The van der Waals surface area contributed by atoms with Crippen molar-refractivity contribution < 1.29 is 14.7 Å². The average molecular weight is 365 g/mol. The van der Waals surface area contributed by atoms with Gasteiger partial charge in [0.15, 0.2) is 0 Å². The Kier molecular flexibility index (Phi) is 5.64. The summed E-state index contributed by atoms with van der Waals surface area (Å²) in [5.74, 6) is -0.962. The fourth-order valence-electron chi connectivity index (χ4n) is 3.87. The van der Waals surface area contributed by atoms with Crippen LogP contribution in [0.1, 0.15) is 65.6 Å². The summed E-state index contributed by atoms with van der Waals surface area (Å²) in [6.07, 6.45) is 3.15. The molecule has 0 aromatic heterocycles. The number of aliphatic carboxylic acids is 1. The summed E-state index contributed by atoms with van der Waals surface area (Å²) in [6, 6.07) is 15.6. The third-order valence-electron chi connectivity index (χ3n) is 5.60. The molecule has 2 aromatic carbocycles. The van der Waals surface area contributed by atoms with Gasteiger partial charge in [0.05, 0.1) is 5.41 Å². The van der Waals surface area contributed by atoms with Gasteiger partial charge in [-0.3, -0.25) is 9.59 Å². The van der Waals surface area contributed by atoms with Gasteiger partial charge in [-0.25, -0.2) is 0 Å². The monoisotopic (exact) mass is 365 g/mol.